The van der Waals surface area contributed by atoms with Gasteiger partial charge in [0.25, 0.3) is 6.10 Å². The minimum absolute atomic E-state index is 0.122. The highest BCUT2D eigenvalue weighted by Crippen LogP contribution is 2.37. The summed E-state index contributed by atoms with van der Waals surface area (Å²) in [5, 5.41) is 1.06. The second-order valence-electron chi connectivity index (χ2n) is 7.89. The van der Waals surface area contributed by atoms with Gasteiger partial charge in [-0.05, 0) is 42.3 Å². The molecule has 0 aliphatic carbocycles. The van der Waals surface area contributed by atoms with Crippen molar-refractivity contribution in [3.63, 3.8) is 0 Å². The van der Waals surface area contributed by atoms with E-state index in [1.807, 2.05) is 29.2 Å². The molecule has 0 aromatic heterocycles. The van der Waals surface area contributed by atoms with Crippen LogP contribution < -0.4 is 0 Å². The molecule has 34 heavy (non-hydrogen) atoms. The van der Waals surface area contributed by atoms with Crippen LogP contribution in [0.4, 0.5) is 31.1 Å². The second kappa shape index (κ2) is 10.2. The van der Waals surface area contributed by atoms with Crippen LogP contribution in [-0.4, -0.2) is 60.0 Å². The molecule has 1 fully saturated rings. The van der Waals surface area contributed by atoms with Crippen molar-refractivity contribution >= 4 is 29.3 Å². The molecule has 0 N–H and O–H groups in total. The maximum absolute atomic E-state index is 12.8. The van der Waals surface area contributed by atoms with Crippen LogP contribution in [0.2, 0.25) is 10.0 Å². The van der Waals surface area contributed by atoms with Gasteiger partial charge < -0.3 is 9.64 Å². The first-order valence-electron chi connectivity index (χ1n) is 10.1. The van der Waals surface area contributed by atoms with Crippen molar-refractivity contribution < 1.29 is 35.9 Å². The molecule has 186 valence electrons. The van der Waals surface area contributed by atoms with Crippen LogP contribution in [0.25, 0.3) is 0 Å². The van der Waals surface area contributed by atoms with Gasteiger partial charge in [0.05, 0.1) is 6.04 Å². The second-order valence-corrected chi connectivity index (χ2v) is 8.76. The predicted molar refractivity (Wildman–Crippen MR) is 115 cm³/mol. The van der Waals surface area contributed by atoms with E-state index in [0.29, 0.717) is 10.0 Å². The number of piperazine rings is 1. The van der Waals surface area contributed by atoms with Gasteiger partial charge in [0.15, 0.2) is 0 Å². The summed E-state index contributed by atoms with van der Waals surface area (Å²) in [5.41, 5.74) is 1.73. The van der Waals surface area contributed by atoms with E-state index in [1.165, 1.54) is 0 Å². The lowest BCUT2D eigenvalue weighted by molar-refractivity contribution is -0.308. The molecular weight excluding hydrogens is 509 g/mol. The summed E-state index contributed by atoms with van der Waals surface area (Å²) in [6, 6.07) is 13.4. The Kier molecular flexibility index (Phi) is 7.94. The Morgan fingerprint density at radius 3 is 1.71 bits per heavy atom. The average Bonchev–Trinajstić information content (AvgIpc) is 2.74. The van der Waals surface area contributed by atoms with E-state index in [2.05, 4.69) is 4.74 Å². The molecule has 3 rings (SSSR count). The lowest BCUT2D eigenvalue weighted by atomic mass is 9.95. The standard InChI is InChI=1S/C22H20Cl2F6N2O2/c1-13-12-31(20(33)34-19(21(25,26)27)22(28,29)30)10-11-32(13)18(14-2-6-16(23)7-3-14)15-4-8-17(24)9-5-15/h2-9,13,18-19H,10-12H2,1H3/t13-/m0/s1. The molecule has 0 bridgehead atoms. The fourth-order valence-electron chi connectivity index (χ4n) is 3.88. The Hall–Kier alpha value is -2.17. The van der Waals surface area contributed by atoms with Gasteiger partial charge >= 0.3 is 18.4 Å². The van der Waals surface area contributed by atoms with E-state index in [0.717, 1.165) is 16.0 Å². The Labute approximate surface area is 202 Å². The molecule has 2 aromatic rings. The number of carbonyl (C=O) groups excluding carboxylic acids is 1. The molecule has 1 aliphatic rings. The molecule has 0 radical (unpaired) electrons. The topological polar surface area (TPSA) is 32.8 Å². The van der Waals surface area contributed by atoms with Gasteiger partial charge in [-0.15, -0.1) is 0 Å². The highest BCUT2D eigenvalue weighted by Gasteiger charge is 2.60. The number of amides is 1. The zero-order valence-corrected chi connectivity index (χ0v) is 19.2. The van der Waals surface area contributed by atoms with Crippen LogP contribution in [0, 0.1) is 0 Å². The summed E-state index contributed by atoms with van der Waals surface area (Å²) in [5.74, 6) is 0. The van der Waals surface area contributed by atoms with Gasteiger partial charge in [0, 0.05) is 35.7 Å². The summed E-state index contributed by atoms with van der Waals surface area (Å²) in [4.78, 5) is 15.0. The molecule has 1 atom stereocenters. The first kappa shape index (κ1) is 26.4. The number of halogens is 8. The molecular formula is C22H20Cl2F6N2O2. The van der Waals surface area contributed by atoms with Gasteiger partial charge in [-0.3, -0.25) is 4.90 Å². The minimum atomic E-state index is -5.77. The number of hydrogen-bond acceptors (Lipinski definition) is 3. The summed E-state index contributed by atoms with van der Waals surface area (Å²) >= 11 is 12.0. The molecule has 1 aliphatic heterocycles. The van der Waals surface area contributed by atoms with Gasteiger partial charge in [0.1, 0.15) is 0 Å². The van der Waals surface area contributed by atoms with Gasteiger partial charge in [-0.1, -0.05) is 47.5 Å². The maximum Gasteiger partial charge on any atom is 0.434 e. The quantitative estimate of drug-likeness (QED) is 0.413. The smallest absolute Gasteiger partial charge is 0.426 e. The summed E-state index contributed by atoms with van der Waals surface area (Å²) < 4.78 is 80.5. The number of alkyl halides is 6. The van der Waals surface area contributed by atoms with Crippen LogP contribution in [0.3, 0.4) is 0 Å². The van der Waals surface area contributed by atoms with Crippen LogP contribution in [0.15, 0.2) is 48.5 Å². The average molecular weight is 529 g/mol. The first-order chi connectivity index (χ1) is 15.8. The molecule has 0 unspecified atom stereocenters. The van der Waals surface area contributed by atoms with Crippen LogP contribution in [0.1, 0.15) is 24.1 Å². The van der Waals surface area contributed by atoms with Crippen molar-refractivity contribution in [2.45, 2.75) is 37.5 Å². The maximum atomic E-state index is 12.8. The van der Waals surface area contributed by atoms with Crippen molar-refractivity contribution in [2.24, 2.45) is 0 Å². The number of ether oxygens (including phenoxy) is 1. The third-order valence-corrected chi connectivity index (χ3v) is 5.96. The van der Waals surface area contributed by atoms with Crippen molar-refractivity contribution in [3.05, 3.63) is 69.7 Å². The molecule has 0 spiro atoms. The van der Waals surface area contributed by atoms with E-state index >= 15 is 0 Å². The van der Waals surface area contributed by atoms with Crippen LogP contribution in [0.5, 0.6) is 0 Å². The minimum Gasteiger partial charge on any atom is -0.426 e. The highest BCUT2D eigenvalue weighted by molar-refractivity contribution is 6.30. The Bertz CT molecular complexity index is 923. The molecule has 1 saturated heterocycles. The number of nitrogens with zero attached hydrogens (tertiary/aromatic N) is 2. The van der Waals surface area contributed by atoms with Crippen molar-refractivity contribution in [3.8, 4) is 0 Å². The van der Waals surface area contributed by atoms with Gasteiger partial charge in [-0.25, -0.2) is 4.79 Å². The number of hydrogen-bond donors (Lipinski definition) is 0. The van der Waals surface area contributed by atoms with E-state index in [1.54, 1.807) is 31.2 Å². The fourth-order valence-corrected chi connectivity index (χ4v) is 4.13. The van der Waals surface area contributed by atoms with Crippen molar-refractivity contribution in [2.75, 3.05) is 19.6 Å². The third-order valence-electron chi connectivity index (χ3n) is 5.45. The monoisotopic (exact) mass is 528 g/mol. The van der Waals surface area contributed by atoms with Crippen molar-refractivity contribution in [1.82, 2.24) is 9.80 Å². The summed E-state index contributed by atoms with van der Waals surface area (Å²) in [6.45, 7) is 1.65. The third kappa shape index (κ3) is 6.28. The van der Waals surface area contributed by atoms with E-state index in [4.69, 9.17) is 23.2 Å². The molecule has 0 saturated carbocycles. The predicted octanol–water partition coefficient (Wildman–Crippen LogP) is 6.72. The largest absolute Gasteiger partial charge is 0.434 e. The highest BCUT2D eigenvalue weighted by atomic mass is 35.5. The zero-order valence-electron chi connectivity index (χ0n) is 17.7. The molecule has 1 amide bonds. The first-order valence-corrected chi connectivity index (χ1v) is 10.9. The number of rotatable bonds is 4. The number of benzene rings is 2. The normalized spacial score (nSPS) is 18.0. The van der Waals surface area contributed by atoms with E-state index in [-0.39, 0.29) is 25.7 Å². The molecule has 4 nitrogen and oxygen atoms in total. The Balaban J connectivity index is 1.80. The Morgan fingerprint density at radius 1 is 0.882 bits per heavy atom. The van der Waals surface area contributed by atoms with Gasteiger partial charge in [0.2, 0.25) is 0 Å². The zero-order chi connectivity index (χ0) is 25.3. The van der Waals surface area contributed by atoms with E-state index < -0.39 is 30.6 Å². The Morgan fingerprint density at radius 2 is 1.32 bits per heavy atom. The number of carbonyl (C=O) groups is 1. The van der Waals surface area contributed by atoms with E-state index in [9.17, 15) is 31.1 Å². The lowest BCUT2D eigenvalue weighted by Gasteiger charge is -2.44. The molecule has 12 heteroatoms. The van der Waals surface area contributed by atoms with Crippen LogP contribution in [-0.2, 0) is 4.74 Å². The molecule has 2 aromatic carbocycles. The summed E-state index contributed by atoms with van der Waals surface area (Å²) in [7, 11) is 0. The summed E-state index contributed by atoms with van der Waals surface area (Å²) in [6.07, 6.45) is -17.4. The SMILES string of the molecule is C[C@H]1CN(C(=O)OC(C(F)(F)F)C(F)(F)F)CCN1C(c1ccc(Cl)cc1)c1ccc(Cl)cc1. The fraction of sp³-hybridized carbons (Fsp3) is 0.409. The van der Waals surface area contributed by atoms with Crippen molar-refractivity contribution in [1.29, 1.82) is 0 Å². The van der Waals surface area contributed by atoms with Gasteiger partial charge in [-0.2, -0.15) is 26.3 Å². The molecule has 1 heterocycles. The van der Waals surface area contributed by atoms with Crippen LogP contribution >= 0.6 is 23.2 Å². The lowest BCUT2D eigenvalue weighted by Crippen LogP contribution is -2.56.